The van der Waals surface area contributed by atoms with Gasteiger partial charge in [0.2, 0.25) is 18.0 Å². The van der Waals surface area contributed by atoms with Gasteiger partial charge in [-0.1, -0.05) is 23.7 Å². The number of carboxylic acids is 1. The summed E-state index contributed by atoms with van der Waals surface area (Å²) >= 11 is 6.19. The van der Waals surface area contributed by atoms with Crippen LogP contribution in [0.15, 0.2) is 73.1 Å². The fourth-order valence-electron chi connectivity index (χ4n) is 6.65. The Morgan fingerprint density at radius 3 is 2.27 bits per heavy atom. The summed E-state index contributed by atoms with van der Waals surface area (Å²) in [6, 6.07) is 15.8. The molecule has 2 aromatic heterocycles. The molecule has 5 amide bonds. The Hall–Kier alpha value is -6.61. The van der Waals surface area contributed by atoms with Gasteiger partial charge < -0.3 is 56.5 Å². The number of aromatic amines is 1. The van der Waals surface area contributed by atoms with Crippen LogP contribution in [0.5, 0.6) is 0 Å². The maximum absolute atomic E-state index is 13.8. The number of aliphatic hydroxyl groups excluding tert-OH is 3. The Labute approximate surface area is 341 Å². The Balaban J connectivity index is 1.13. The Morgan fingerprint density at radius 1 is 0.898 bits per heavy atom. The first-order chi connectivity index (χ1) is 28.4. The van der Waals surface area contributed by atoms with Crippen molar-refractivity contribution >= 4 is 69.3 Å². The van der Waals surface area contributed by atoms with Crippen molar-refractivity contribution in [1.29, 1.82) is 0 Å². The van der Waals surface area contributed by atoms with Gasteiger partial charge in [-0.25, -0.2) is 9.59 Å². The number of carbonyl (C=O) groups is 5. The van der Waals surface area contributed by atoms with E-state index in [-0.39, 0.29) is 62.0 Å². The average Bonchev–Trinajstić information content (AvgIpc) is 3.92. The molecule has 1 saturated heterocycles. The topological polar surface area (TPSA) is 280 Å². The van der Waals surface area contributed by atoms with Gasteiger partial charge in [-0.3, -0.25) is 14.4 Å². The van der Waals surface area contributed by atoms with Gasteiger partial charge >= 0.3 is 12.0 Å². The van der Waals surface area contributed by atoms with E-state index in [1.165, 1.54) is 28.0 Å². The molecule has 310 valence electrons. The summed E-state index contributed by atoms with van der Waals surface area (Å²) in [6.45, 7) is 0.490. The number of halogens is 1. The van der Waals surface area contributed by atoms with Crippen LogP contribution in [-0.4, -0.2) is 137 Å². The summed E-state index contributed by atoms with van der Waals surface area (Å²) in [5, 5.41) is 61.7. The lowest BCUT2D eigenvalue weighted by Gasteiger charge is -2.34. The quantitative estimate of drug-likeness (QED) is 0.0641. The average molecular weight is 832 g/mol. The van der Waals surface area contributed by atoms with Crippen LogP contribution in [0.3, 0.4) is 0 Å². The van der Waals surface area contributed by atoms with Crippen molar-refractivity contribution in [1.82, 2.24) is 40.3 Å². The van der Waals surface area contributed by atoms with Gasteiger partial charge in [0, 0.05) is 65.8 Å². The molecule has 2 atom stereocenters. The molecule has 0 radical (unpaired) electrons. The summed E-state index contributed by atoms with van der Waals surface area (Å²) in [5.41, 5.74) is 2.46. The van der Waals surface area contributed by atoms with E-state index in [0.717, 1.165) is 0 Å². The van der Waals surface area contributed by atoms with Crippen molar-refractivity contribution in [2.45, 2.75) is 31.5 Å². The highest BCUT2D eigenvalue weighted by Gasteiger charge is 2.30. The lowest BCUT2D eigenvalue weighted by atomic mass is 9.95. The minimum absolute atomic E-state index is 0.0320. The molecule has 0 bridgehead atoms. The predicted octanol–water partition coefficient (Wildman–Crippen LogP) is 1.65. The van der Waals surface area contributed by atoms with Gasteiger partial charge in [0.05, 0.1) is 24.6 Å². The number of likely N-dealkylation sites (tertiary alicyclic amines) is 1. The van der Waals surface area contributed by atoms with Crippen molar-refractivity contribution in [3.8, 4) is 5.69 Å². The van der Waals surface area contributed by atoms with E-state index >= 15 is 0 Å². The minimum Gasteiger partial charge on any atom is -0.477 e. The number of aromatic carboxylic acids is 1. The number of nitrogens with one attached hydrogen (secondary N) is 5. The van der Waals surface area contributed by atoms with Crippen molar-refractivity contribution in [2.75, 3.05) is 55.3 Å². The number of amides is 5. The predicted molar refractivity (Wildman–Crippen MR) is 214 cm³/mol. The number of rotatable bonds is 16. The van der Waals surface area contributed by atoms with Gasteiger partial charge in [0.15, 0.2) is 0 Å². The summed E-state index contributed by atoms with van der Waals surface area (Å²) in [4.78, 5) is 70.5. The second kappa shape index (κ2) is 19.2. The maximum Gasteiger partial charge on any atom is 0.352 e. The number of urea groups is 1. The fourth-order valence-corrected chi connectivity index (χ4v) is 6.82. The zero-order valence-corrected chi connectivity index (χ0v) is 32.2. The number of H-pyrrole nitrogens is 1. The van der Waals surface area contributed by atoms with Gasteiger partial charge in [-0.15, -0.1) is 5.10 Å². The molecule has 3 aromatic carbocycles. The molecule has 1 aliphatic heterocycles. The third-order valence-corrected chi connectivity index (χ3v) is 9.91. The highest BCUT2D eigenvalue weighted by molar-refractivity contribution is 6.31. The zero-order valence-electron chi connectivity index (χ0n) is 31.4. The van der Waals surface area contributed by atoms with Crippen LogP contribution in [0.1, 0.15) is 28.9 Å². The van der Waals surface area contributed by atoms with Crippen molar-refractivity contribution in [3.63, 3.8) is 0 Å². The van der Waals surface area contributed by atoms with E-state index in [2.05, 4.69) is 41.8 Å². The number of fused-ring (bicyclic) bond motifs is 1. The number of tetrazole rings is 1. The Bertz CT molecular complexity index is 2270. The van der Waals surface area contributed by atoms with Crippen LogP contribution in [0.2, 0.25) is 5.02 Å². The normalized spacial score (nSPS) is 14.0. The van der Waals surface area contributed by atoms with Crippen LogP contribution < -0.4 is 21.3 Å². The van der Waals surface area contributed by atoms with Crippen LogP contribution >= 0.6 is 11.6 Å². The van der Waals surface area contributed by atoms with Crippen molar-refractivity contribution in [2.24, 2.45) is 5.92 Å². The maximum atomic E-state index is 13.8. The van der Waals surface area contributed by atoms with Crippen LogP contribution in [0, 0.1) is 5.92 Å². The van der Waals surface area contributed by atoms with Crippen LogP contribution in [-0.2, 0) is 20.8 Å². The third-order valence-electron chi connectivity index (χ3n) is 9.67. The summed E-state index contributed by atoms with van der Waals surface area (Å²) < 4.78 is 1.30. The summed E-state index contributed by atoms with van der Waals surface area (Å²) in [7, 11) is 0. The zero-order chi connectivity index (χ0) is 42.1. The number of aromatic nitrogens is 5. The molecule has 0 unspecified atom stereocenters. The standard InChI is InChI=1S/C38H42ClN11O9/c39-25-3-8-32(50-21-40-46-47-50)29(20-25)44-34(54)35(55)45-30(33(53)41-27-6-7-28-24(18-27)19-31(43-28)37(57)58)17-22-1-4-26(5-2-22)42-38(59)49-11-9-23(10-12-49)36(56)48(13-15-51)14-16-52/h1-8,18-21,23,30,34,43-44,51-52,54H,9-17H2,(H,41,53)(H,42,59)(H,45,55)(H,57,58)/t30-,34-/m0/s1. The van der Waals surface area contributed by atoms with E-state index in [9.17, 15) is 44.4 Å². The second-order valence-electron chi connectivity index (χ2n) is 13.7. The van der Waals surface area contributed by atoms with Gasteiger partial charge in [0.1, 0.15) is 18.1 Å². The van der Waals surface area contributed by atoms with Crippen LogP contribution in [0.4, 0.5) is 21.9 Å². The number of benzene rings is 3. The monoisotopic (exact) mass is 831 g/mol. The van der Waals surface area contributed by atoms with E-state index in [1.807, 2.05) is 0 Å². The van der Waals surface area contributed by atoms with Crippen molar-refractivity contribution in [3.05, 3.63) is 89.3 Å². The lowest BCUT2D eigenvalue weighted by Crippen LogP contribution is -2.50. The molecule has 59 heavy (non-hydrogen) atoms. The molecule has 0 spiro atoms. The molecule has 3 heterocycles. The molecule has 0 aliphatic carbocycles. The highest BCUT2D eigenvalue weighted by Crippen LogP contribution is 2.25. The molecule has 6 rings (SSSR count). The molecular weight excluding hydrogens is 790 g/mol. The third kappa shape index (κ3) is 10.7. The number of anilines is 3. The molecule has 0 saturated carbocycles. The van der Waals surface area contributed by atoms with E-state index in [1.54, 1.807) is 59.5 Å². The van der Waals surface area contributed by atoms with Gasteiger partial charge in [-0.2, -0.15) is 4.68 Å². The largest absolute Gasteiger partial charge is 0.477 e. The number of nitrogens with zero attached hydrogens (tertiary/aromatic N) is 6. The first-order valence-corrected chi connectivity index (χ1v) is 18.9. The smallest absolute Gasteiger partial charge is 0.352 e. The molecular formula is C38H42ClN11O9. The number of carbonyl (C=O) groups excluding carboxylic acids is 4. The number of aliphatic hydroxyl groups is 3. The van der Waals surface area contributed by atoms with E-state index in [4.69, 9.17) is 11.6 Å². The van der Waals surface area contributed by atoms with Crippen molar-refractivity contribution < 1.29 is 44.4 Å². The van der Waals surface area contributed by atoms with Crippen LogP contribution in [0.25, 0.3) is 16.6 Å². The van der Waals surface area contributed by atoms with E-state index in [0.29, 0.717) is 64.5 Å². The van der Waals surface area contributed by atoms with E-state index < -0.39 is 30.1 Å². The lowest BCUT2D eigenvalue weighted by molar-refractivity contribution is -0.138. The summed E-state index contributed by atoms with van der Waals surface area (Å²) in [6.07, 6.45) is 0.256. The molecule has 20 nitrogen and oxygen atoms in total. The highest BCUT2D eigenvalue weighted by atomic mass is 35.5. The number of hydrogen-bond donors (Lipinski definition) is 9. The molecule has 21 heteroatoms. The first kappa shape index (κ1) is 42.0. The van der Waals surface area contributed by atoms with Gasteiger partial charge in [-0.05, 0) is 83.4 Å². The number of hydrogen-bond acceptors (Lipinski definition) is 12. The molecule has 5 aromatic rings. The molecule has 9 N–H and O–H groups in total. The Morgan fingerprint density at radius 2 is 1.61 bits per heavy atom. The molecule has 1 fully saturated rings. The molecule has 1 aliphatic rings. The minimum atomic E-state index is -1.87. The Kier molecular flexibility index (Phi) is 13.7. The van der Waals surface area contributed by atoms with Gasteiger partial charge in [0.25, 0.3) is 5.91 Å². The second-order valence-corrected chi connectivity index (χ2v) is 14.1. The first-order valence-electron chi connectivity index (χ1n) is 18.5. The number of piperidine rings is 1. The fraction of sp³-hybridized carbons (Fsp3) is 0.316. The summed E-state index contributed by atoms with van der Waals surface area (Å²) in [5.74, 6) is -3.24. The number of carboxylic acid groups (broad SMARTS) is 1. The SMILES string of the molecule is O=C(O)c1cc2cc(NC(=O)[C@H](Cc3ccc(NC(=O)N4CCC(C(=O)N(CCO)CCO)CC4)cc3)NC(=O)[C@H](O)Nc3cc(Cl)ccc3-n3cnnn3)ccc2[nH]1.